The second-order valence-corrected chi connectivity index (χ2v) is 4.80. The molecule has 2 aromatic carbocycles. The average Bonchev–Trinajstić information content (AvgIpc) is 2.46. The molecular formula is C17H18O3. The standard InChI is InChI=1S/C17H18O3/c1-2-3-6-12-7-4-5-8-14(12)13-9-10-16(18)15(11-13)17(19)20/h4-5,7-11,18H,2-3,6H2,1H3,(H,19,20). The predicted octanol–water partition coefficient (Wildman–Crippen LogP) is 4.10. The Morgan fingerprint density at radius 2 is 1.90 bits per heavy atom. The van der Waals surface area contributed by atoms with Crippen LogP contribution < -0.4 is 0 Å². The van der Waals surface area contributed by atoms with Gasteiger partial charge < -0.3 is 10.2 Å². The van der Waals surface area contributed by atoms with Crippen molar-refractivity contribution in [2.75, 3.05) is 0 Å². The van der Waals surface area contributed by atoms with E-state index in [-0.39, 0.29) is 11.3 Å². The summed E-state index contributed by atoms with van der Waals surface area (Å²) >= 11 is 0. The monoisotopic (exact) mass is 270 g/mol. The summed E-state index contributed by atoms with van der Waals surface area (Å²) in [5.74, 6) is -1.32. The number of unbranched alkanes of at least 4 members (excludes halogenated alkanes) is 1. The summed E-state index contributed by atoms with van der Waals surface area (Å²) in [6.07, 6.45) is 3.18. The van der Waals surface area contributed by atoms with Crippen molar-refractivity contribution < 1.29 is 15.0 Å². The molecule has 0 saturated carbocycles. The Kier molecular flexibility index (Phi) is 4.41. The Hall–Kier alpha value is -2.29. The van der Waals surface area contributed by atoms with Crippen molar-refractivity contribution in [3.63, 3.8) is 0 Å². The maximum absolute atomic E-state index is 11.1. The van der Waals surface area contributed by atoms with E-state index >= 15 is 0 Å². The molecular weight excluding hydrogens is 252 g/mol. The predicted molar refractivity (Wildman–Crippen MR) is 79.1 cm³/mol. The van der Waals surface area contributed by atoms with Crippen LogP contribution in [0, 0.1) is 0 Å². The molecule has 0 amide bonds. The molecule has 20 heavy (non-hydrogen) atoms. The van der Waals surface area contributed by atoms with Gasteiger partial charge in [0.05, 0.1) is 0 Å². The molecule has 0 unspecified atom stereocenters. The van der Waals surface area contributed by atoms with E-state index < -0.39 is 5.97 Å². The molecule has 104 valence electrons. The van der Waals surface area contributed by atoms with Crippen LogP contribution in [0.5, 0.6) is 5.75 Å². The molecule has 0 aliphatic carbocycles. The molecule has 2 rings (SSSR count). The molecule has 0 heterocycles. The molecule has 0 saturated heterocycles. The summed E-state index contributed by atoms with van der Waals surface area (Å²) in [6.45, 7) is 2.14. The molecule has 3 heteroatoms. The SMILES string of the molecule is CCCCc1ccccc1-c1ccc(O)c(C(=O)O)c1. The van der Waals surface area contributed by atoms with Crippen LogP contribution in [-0.4, -0.2) is 16.2 Å². The van der Waals surface area contributed by atoms with E-state index in [0.717, 1.165) is 30.4 Å². The second-order valence-electron chi connectivity index (χ2n) is 4.80. The minimum Gasteiger partial charge on any atom is -0.507 e. The largest absolute Gasteiger partial charge is 0.507 e. The molecule has 0 aliphatic rings. The van der Waals surface area contributed by atoms with E-state index in [4.69, 9.17) is 5.11 Å². The lowest BCUT2D eigenvalue weighted by molar-refractivity contribution is 0.0694. The van der Waals surface area contributed by atoms with E-state index in [2.05, 4.69) is 13.0 Å². The molecule has 2 N–H and O–H groups in total. The molecule has 0 bridgehead atoms. The van der Waals surface area contributed by atoms with Crippen molar-refractivity contribution >= 4 is 5.97 Å². The Morgan fingerprint density at radius 3 is 2.60 bits per heavy atom. The lowest BCUT2D eigenvalue weighted by atomic mass is 9.95. The molecule has 0 radical (unpaired) electrons. The molecule has 3 nitrogen and oxygen atoms in total. The van der Waals surface area contributed by atoms with Gasteiger partial charge in [-0.3, -0.25) is 0 Å². The zero-order valence-electron chi connectivity index (χ0n) is 11.5. The van der Waals surface area contributed by atoms with Crippen molar-refractivity contribution in [1.29, 1.82) is 0 Å². The number of carboxylic acids is 1. The summed E-state index contributed by atoms with van der Waals surface area (Å²) in [7, 11) is 0. The van der Waals surface area contributed by atoms with Gasteiger partial charge in [0.2, 0.25) is 0 Å². The van der Waals surface area contributed by atoms with Crippen LogP contribution in [0.3, 0.4) is 0 Å². The van der Waals surface area contributed by atoms with E-state index in [9.17, 15) is 9.90 Å². The average molecular weight is 270 g/mol. The van der Waals surface area contributed by atoms with E-state index in [1.54, 1.807) is 6.07 Å². The first-order chi connectivity index (χ1) is 9.63. The van der Waals surface area contributed by atoms with Gasteiger partial charge in [-0.05, 0) is 41.7 Å². The number of benzene rings is 2. The minimum atomic E-state index is -1.12. The Labute approximate surface area is 118 Å². The van der Waals surface area contributed by atoms with Crippen molar-refractivity contribution in [2.45, 2.75) is 26.2 Å². The minimum absolute atomic E-state index is 0.0622. The Balaban J connectivity index is 2.46. The molecule has 0 fully saturated rings. The van der Waals surface area contributed by atoms with Gasteiger partial charge in [-0.2, -0.15) is 0 Å². The highest BCUT2D eigenvalue weighted by atomic mass is 16.4. The highest BCUT2D eigenvalue weighted by Crippen LogP contribution is 2.29. The Morgan fingerprint density at radius 1 is 1.15 bits per heavy atom. The number of rotatable bonds is 5. The lowest BCUT2D eigenvalue weighted by Crippen LogP contribution is -1.98. The van der Waals surface area contributed by atoms with Crippen LogP contribution >= 0.6 is 0 Å². The van der Waals surface area contributed by atoms with Crippen molar-refractivity contribution in [3.05, 3.63) is 53.6 Å². The Bertz CT molecular complexity index is 617. The quantitative estimate of drug-likeness (QED) is 0.860. The number of aromatic hydroxyl groups is 1. The van der Waals surface area contributed by atoms with Gasteiger partial charge in [0, 0.05) is 0 Å². The van der Waals surface area contributed by atoms with Crippen LogP contribution in [0.25, 0.3) is 11.1 Å². The van der Waals surface area contributed by atoms with Crippen LogP contribution in [0.2, 0.25) is 0 Å². The molecule has 0 spiro atoms. The molecule has 2 aromatic rings. The van der Waals surface area contributed by atoms with Gasteiger partial charge in [-0.15, -0.1) is 0 Å². The van der Waals surface area contributed by atoms with E-state index in [0.29, 0.717) is 0 Å². The van der Waals surface area contributed by atoms with E-state index in [1.807, 2.05) is 18.2 Å². The summed E-state index contributed by atoms with van der Waals surface area (Å²) in [4.78, 5) is 11.1. The third kappa shape index (κ3) is 2.99. The van der Waals surface area contributed by atoms with Crippen molar-refractivity contribution in [1.82, 2.24) is 0 Å². The fourth-order valence-corrected chi connectivity index (χ4v) is 2.26. The van der Waals surface area contributed by atoms with Crippen molar-refractivity contribution in [2.24, 2.45) is 0 Å². The van der Waals surface area contributed by atoms with Crippen LogP contribution in [0.4, 0.5) is 0 Å². The lowest BCUT2D eigenvalue weighted by Gasteiger charge is -2.10. The van der Waals surface area contributed by atoms with Crippen LogP contribution in [0.15, 0.2) is 42.5 Å². The number of carboxylic acid groups (broad SMARTS) is 1. The maximum Gasteiger partial charge on any atom is 0.339 e. The summed E-state index contributed by atoms with van der Waals surface area (Å²) in [5, 5.41) is 18.7. The maximum atomic E-state index is 11.1. The number of carbonyl (C=O) groups is 1. The third-order valence-electron chi connectivity index (χ3n) is 3.35. The van der Waals surface area contributed by atoms with E-state index in [1.165, 1.54) is 17.7 Å². The second kappa shape index (κ2) is 6.24. The molecule has 0 atom stereocenters. The molecule has 0 aromatic heterocycles. The van der Waals surface area contributed by atoms with Crippen molar-refractivity contribution in [3.8, 4) is 16.9 Å². The number of hydrogen-bond donors (Lipinski definition) is 2. The number of aryl methyl sites for hydroxylation is 1. The number of aromatic carboxylic acids is 1. The van der Waals surface area contributed by atoms with Crippen LogP contribution in [-0.2, 0) is 6.42 Å². The van der Waals surface area contributed by atoms with Gasteiger partial charge >= 0.3 is 5.97 Å². The summed E-state index contributed by atoms with van der Waals surface area (Å²) < 4.78 is 0. The number of phenols is 1. The normalized spacial score (nSPS) is 10.4. The number of hydrogen-bond acceptors (Lipinski definition) is 2. The highest BCUT2D eigenvalue weighted by molar-refractivity contribution is 5.92. The topological polar surface area (TPSA) is 57.5 Å². The van der Waals surface area contributed by atoms with Gasteiger partial charge in [-0.25, -0.2) is 4.79 Å². The van der Waals surface area contributed by atoms with Gasteiger partial charge in [0.25, 0.3) is 0 Å². The highest BCUT2D eigenvalue weighted by Gasteiger charge is 2.12. The first kappa shape index (κ1) is 14.1. The van der Waals surface area contributed by atoms with Gasteiger partial charge in [0.1, 0.15) is 11.3 Å². The van der Waals surface area contributed by atoms with Crippen LogP contribution in [0.1, 0.15) is 35.7 Å². The van der Waals surface area contributed by atoms with Gasteiger partial charge in [0.15, 0.2) is 0 Å². The zero-order valence-corrected chi connectivity index (χ0v) is 11.5. The third-order valence-corrected chi connectivity index (χ3v) is 3.35. The smallest absolute Gasteiger partial charge is 0.339 e. The first-order valence-electron chi connectivity index (χ1n) is 6.78. The van der Waals surface area contributed by atoms with Gasteiger partial charge in [-0.1, -0.05) is 43.7 Å². The summed E-state index contributed by atoms with van der Waals surface area (Å²) in [6, 6.07) is 12.7. The molecule has 0 aliphatic heterocycles. The first-order valence-corrected chi connectivity index (χ1v) is 6.78. The summed E-state index contributed by atoms with van der Waals surface area (Å²) in [5.41, 5.74) is 3.00. The zero-order chi connectivity index (χ0) is 14.5. The fourth-order valence-electron chi connectivity index (χ4n) is 2.26. The fraction of sp³-hybridized carbons (Fsp3) is 0.235.